The molecule has 27 heavy (non-hydrogen) atoms. The molecule has 0 aliphatic carbocycles. The van der Waals surface area contributed by atoms with E-state index in [-0.39, 0.29) is 18.1 Å². The molecule has 3 aromatic carbocycles. The number of benzene rings is 3. The Balaban J connectivity index is 1.55. The fraction of sp³-hybridized carbons (Fsp3) is 0.208. The molecule has 0 bridgehead atoms. The van der Waals surface area contributed by atoms with Gasteiger partial charge in [-0.1, -0.05) is 91.0 Å². The van der Waals surface area contributed by atoms with Crippen LogP contribution in [0.3, 0.4) is 0 Å². The largest absolute Gasteiger partial charge is 0.321 e. The molecule has 3 aromatic rings. The summed E-state index contributed by atoms with van der Waals surface area (Å²) in [6, 6.07) is 30.6. The Kier molecular flexibility index (Phi) is 5.31. The van der Waals surface area contributed by atoms with Crippen LogP contribution in [0.2, 0.25) is 0 Å². The molecule has 0 radical (unpaired) electrons. The molecule has 4 rings (SSSR count). The molecule has 1 heterocycles. The predicted octanol–water partition coefficient (Wildman–Crippen LogP) is 3.80. The van der Waals surface area contributed by atoms with Crippen LogP contribution in [0, 0.1) is 0 Å². The second-order valence-corrected chi connectivity index (χ2v) is 7.07. The zero-order valence-corrected chi connectivity index (χ0v) is 15.3. The van der Waals surface area contributed by atoms with E-state index in [2.05, 4.69) is 53.8 Å². The number of hydrogen-bond donors (Lipinski definition) is 1. The fourth-order valence-electron chi connectivity index (χ4n) is 3.72. The van der Waals surface area contributed by atoms with Crippen molar-refractivity contribution in [3.63, 3.8) is 0 Å². The van der Waals surface area contributed by atoms with Crippen molar-refractivity contribution in [1.82, 2.24) is 10.2 Å². The second kappa shape index (κ2) is 8.19. The SMILES string of the molecule is O=C1[C@H](Cc2ccccc2)N[C@@H](Cc2ccccc2)N1Cc1ccccc1. The van der Waals surface area contributed by atoms with Crippen LogP contribution in [0.15, 0.2) is 91.0 Å². The summed E-state index contributed by atoms with van der Waals surface area (Å²) >= 11 is 0. The Labute approximate surface area is 160 Å². The van der Waals surface area contributed by atoms with Gasteiger partial charge in [0.05, 0.1) is 12.2 Å². The first kappa shape index (κ1) is 17.5. The van der Waals surface area contributed by atoms with E-state index in [1.807, 2.05) is 47.4 Å². The number of amides is 1. The minimum Gasteiger partial charge on any atom is -0.321 e. The van der Waals surface area contributed by atoms with Crippen molar-refractivity contribution < 1.29 is 4.79 Å². The highest BCUT2D eigenvalue weighted by atomic mass is 16.2. The van der Waals surface area contributed by atoms with E-state index in [0.717, 1.165) is 18.4 Å². The molecular weight excluding hydrogens is 332 g/mol. The Morgan fingerprint density at radius 1 is 0.667 bits per heavy atom. The summed E-state index contributed by atoms with van der Waals surface area (Å²) in [7, 11) is 0. The van der Waals surface area contributed by atoms with Crippen molar-refractivity contribution in [3.05, 3.63) is 108 Å². The van der Waals surface area contributed by atoms with Gasteiger partial charge in [0, 0.05) is 13.0 Å². The van der Waals surface area contributed by atoms with Crippen LogP contribution in [0.25, 0.3) is 0 Å². The zero-order valence-electron chi connectivity index (χ0n) is 15.3. The van der Waals surface area contributed by atoms with Gasteiger partial charge in [0.15, 0.2) is 0 Å². The molecule has 2 atom stereocenters. The number of carbonyl (C=O) groups is 1. The quantitative estimate of drug-likeness (QED) is 0.729. The molecule has 1 aliphatic heterocycles. The van der Waals surface area contributed by atoms with Gasteiger partial charge < -0.3 is 4.90 Å². The minimum atomic E-state index is -0.176. The molecule has 0 aromatic heterocycles. The van der Waals surface area contributed by atoms with E-state index in [1.165, 1.54) is 11.1 Å². The monoisotopic (exact) mass is 356 g/mol. The summed E-state index contributed by atoms with van der Waals surface area (Å²) < 4.78 is 0. The van der Waals surface area contributed by atoms with Gasteiger partial charge in [0.2, 0.25) is 5.91 Å². The average Bonchev–Trinajstić information content (AvgIpc) is 2.99. The third-order valence-corrected chi connectivity index (χ3v) is 5.10. The van der Waals surface area contributed by atoms with Crippen molar-refractivity contribution in [3.8, 4) is 0 Å². The third-order valence-electron chi connectivity index (χ3n) is 5.10. The highest BCUT2D eigenvalue weighted by Gasteiger charge is 2.38. The molecule has 1 N–H and O–H groups in total. The van der Waals surface area contributed by atoms with Gasteiger partial charge in [-0.3, -0.25) is 10.1 Å². The van der Waals surface area contributed by atoms with E-state index in [1.54, 1.807) is 0 Å². The number of hydrogen-bond acceptors (Lipinski definition) is 2. The van der Waals surface area contributed by atoms with Crippen molar-refractivity contribution in [2.45, 2.75) is 31.6 Å². The highest BCUT2D eigenvalue weighted by Crippen LogP contribution is 2.21. The summed E-state index contributed by atoms with van der Waals surface area (Å²) in [5.41, 5.74) is 3.58. The molecule has 1 saturated heterocycles. The maximum Gasteiger partial charge on any atom is 0.241 e. The molecule has 3 heteroatoms. The van der Waals surface area contributed by atoms with Gasteiger partial charge in [0.1, 0.15) is 0 Å². The summed E-state index contributed by atoms with van der Waals surface area (Å²) in [5, 5.41) is 3.58. The smallest absolute Gasteiger partial charge is 0.241 e. The first-order chi connectivity index (χ1) is 13.3. The Bertz CT molecular complexity index is 865. The summed E-state index contributed by atoms with van der Waals surface area (Å²) in [6.07, 6.45) is 1.54. The maximum atomic E-state index is 13.2. The maximum absolute atomic E-state index is 13.2. The number of carbonyl (C=O) groups excluding carboxylic acids is 1. The lowest BCUT2D eigenvalue weighted by Crippen LogP contribution is -2.38. The van der Waals surface area contributed by atoms with Crippen LogP contribution >= 0.6 is 0 Å². The van der Waals surface area contributed by atoms with E-state index in [4.69, 9.17) is 0 Å². The lowest BCUT2D eigenvalue weighted by Gasteiger charge is -2.24. The van der Waals surface area contributed by atoms with Crippen LogP contribution in [-0.4, -0.2) is 23.0 Å². The molecule has 0 saturated carbocycles. The highest BCUT2D eigenvalue weighted by molar-refractivity contribution is 5.84. The van der Waals surface area contributed by atoms with Crippen LogP contribution < -0.4 is 5.32 Å². The van der Waals surface area contributed by atoms with Gasteiger partial charge >= 0.3 is 0 Å². The molecule has 1 aliphatic rings. The molecule has 0 unspecified atom stereocenters. The van der Waals surface area contributed by atoms with Crippen LogP contribution in [0.1, 0.15) is 16.7 Å². The van der Waals surface area contributed by atoms with E-state index < -0.39 is 0 Å². The first-order valence-electron chi connectivity index (χ1n) is 9.48. The Hall–Kier alpha value is -2.91. The van der Waals surface area contributed by atoms with Crippen molar-refractivity contribution in [2.75, 3.05) is 0 Å². The molecule has 1 amide bonds. The lowest BCUT2D eigenvalue weighted by molar-refractivity contribution is -0.130. The van der Waals surface area contributed by atoms with E-state index in [0.29, 0.717) is 6.54 Å². The van der Waals surface area contributed by atoms with Crippen molar-refractivity contribution >= 4 is 5.91 Å². The summed E-state index contributed by atoms with van der Waals surface area (Å²) in [5.74, 6) is 0.184. The zero-order chi connectivity index (χ0) is 18.5. The van der Waals surface area contributed by atoms with Crippen LogP contribution in [-0.2, 0) is 24.2 Å². The topological polar surface area (TPSA) is 32.3 Å². The Morgan fingerprint density at radius 2 is 1.15 bits per heavy atom. The van der Waals surface area contributed by atoms with E-state index in [9.17, 15) is 4.79 Å². The van der Waals surface area contributed by atoms with Crippen LogP contribution in [0.5, 0.6) is 0 Å². The standard InChI is InChI=1S/C24H24N2O/c27-24-22(16-19-10-4-1-5-11-19)25-23(17-20-12-6-2-7-13-20)26(24)18-21-14-8-3-9-15-21/h1-15,22-23,25H,16-18H2/t22-,23+/m0/s1. The fourth-order valence-corrected chi connectivity index (χ4v) is 3.72. The second-order valence-electron chi connectivity index (χ2n) is 7.07. The normalized spacial score (nSPS) is 19.4. The molecule has 1 fully saturated rings. The van der Waals surface area contributed by atoms with E-state index >= 15 is 0 Å². The van der Waals surface area contributed by atoms with Gasteiger partial charge in [-0.15, -0.1) is 0 Å². The number of nitrogens with zero attached hydrogens (tertiary/aromatic N) is 1. The Morgan fingerprint density at radius 3 is 1.70 bits per heavy atom. The van der Waals surface area contributed by atoms with Gasteiger partial charge in [-0.05, 0) is 23.1 Å². The van der Waals surface area contributed by atoms with Crippen molar-refractivity contribution in [1.29, 1.82) is 0 Å². The number of nitrogens with one attached hydrogen (secondary N) is 1. The van der Waals surface area contributed by atoms with Gasteiger partial charge in [-0.2, -0.15) is 0 Å². The average molecular weight is 356 g/mol. The summed E-state index contributed by atoms with van der Waals surface area (Å²) in [6.45, 7) is 0.634. The molecule has 136 valence electrons. The van der Waals surface area contributed by atoms with Crippen molar-refractivity contribution in [2.24, 2.45) is 0 Å². The van der Waals surface area contributed by atoms with Gasteiger partial charge in [-0.25, -0.2) is 0 Å². The lowest BCUT2D eigenvalue weighted by atomic mass is 10.1. The predicted molar refractivity (Wildman–Crippen MR) is 108 cm³/mol. The summed E-state index contributed by atoms with van der Waals surface area (Å²) in [4.78, 5) is 15.2. The molecule has 0 spiro atoms. The minimum absolute atomic E-state index is 0.00817. The van der Waals surface area contributed by atoms with Gasteiger partial charge in [0.25, 0.3) is 0 Å². The number of rotatable bonds is 6. The third kappa shape index (κ3) is 4.26. The molecule has 3 nitrogen and oxygen atoms in total. The molecular formula is C24H24N2O. The van der Waals surface area contributed by atoms with Crippen LogP contribution in [0.4, 0.5) is 0 Å². The first-order valence-corrected chi connectivity index (χ1v) is 9.48.